The Morgan fingerprint density at radius 2 is 1.75 bits per heavy atom. The number of carbonyl (C=O) groups excluding carboxylic acids is 1. The van der Waals surface area contributed by atoms with Crippen LogP contribution in [0.15, 0.2) is 23.9 Å². The van der Waals surface area contributed by atoms with Crippen molar-refractivity contribution in [1.82, 2.24) is 4.90 Å². The van der Waals surface area contributed by atoms with E-state index in [0.717, 1.165) is 19.3 Å². The fourth-order valence-electron chi connectivity index (χ4n) is 2.05. The normalized spacial score (nSPS) is 11.5. The van der Waals surface area contributed by atoms with Crippen molar-refractivity contribution in [3.63, 3.8) is 0 Å². The average molecular weight is 338 g/mol. The van der Waals surface area contributed by atoms with E-state index in [9.17, 15) is 4.79 Å². The Balaban J connectivity index is 4.21. The summed E-state index contributed by atoms with van der Waals surface area (Å²) in [5.41, 5.74) is -0.0646. The number of hydrogen-bond donors (Lipinski definition) is 2. The maximum atomic E-state index is 11.8. The van der Waals surface area contributed by atoms with Crippen molar-refractivity contribution in [3.05, 3.63) is 23.9 Å². The predicted molar refractivity (Wildman–Crippen MR) is 92.9 cm³/mol. The van der Waals surface area contributed by atoms with Gasteiger partial charge in [0.25, 0.3) is 0 Å². The van der Waals surface area contributed by atoms with E-state index in [2.05, 4.69) is 6.92 Å². The maximum absolute atomic E-state index is 11.8. The third-order valence-electron chi connectivity index (χ3n) is 3.41. The van der Waals surface area contributed by atoms with Crippen molar-refractivity contribution in [2.24, 2.45) is 0 Å². The lowest BCUT2D eigenvalue weighted by Gasteiger charge is -2.16. The number of unbranched alkanes of at least 4 members (excludes halogenated alkanes) is 5. The molecule has 0 aromatic rings. The lowest BCUT2D eigenvalue weighted by atomic mass is 10.1. The fourth-order valence-corrected chi connectivity index (χ4v) is 2.05. The number of esters is 1. The number of aliphatic hydroxyl groups is 2. The number of carbonyl (C=O) groups is 1. The molecule has 0 heterocycles. The van der Waals surface area contributed by atoms with Crippen LogP contribution < -0.4 is 0 Å². The first-order chi connectivity index (χ1) is 11.7. The second kappa shape index (κ2) is 16.0. The minimum absolute atomic E-state index is 0.0422. The maximum Gasteiger partial charge on any atom is 0.348 e. The first kappa shape index (κ1) is 22.2. The lowest BCUT2D eigenvalue weighted by molar-refractivity contribution is -0.138. The summed E-state index contributed by atoms with van der Waals surface area (Å²) in [5, 5.41) is 26.8. The van der Waals surface area contributed by atoms with Gasteiger partial charge in [-0.05, 0) is 24.8 Å². The van der Waals surface area contributed by atoms with Crippen LogP contribution >= 0.6 is 0 Å². The van der Waals surface area contributed by atoms with E-state index in [1.807, 2.05) is 6.07 Å². The van der Waals surface area contributed by atoms with Crippen LogP contribution in [0.5, 0.6) is 0 Å². The summed E-state index contributed by atoms with van der Waals surface area (Å²) >= 11 is 0. The summed E-state index contributed by atoms with van der Waals surface area (Å²) in [5.74, 6) is -0.619. The molecule has 0 aromatic heterocycles. The topological polar surface area (TPSA) is 93.8 Å². The molecule has 0 amide bonds. The molecule has 2 N–H and O–H groups in total. The van der Waals surface area contributed by atoms with Crippen molar-refractivity contribution < 1.29 is 19.7 Å². The predicted octanol–water partition coefficient (Wildman–Crippen LogP) is 2.14. The Labute approximate surface area is 145 Å². The van der Waals surface area contributed by atoms with E-state index in [0.29, 0.717) is 19.7 Å². The molecular weight excluding hydrogens is 308 g/mol. The van der Waals surface area contributed by atoms with Crippen molar-refractivity contribution >= 4 is 5.97 Å². The number of hydrogen-bond acceptors (Lipinski definition) is 6. The number of nitrogens with zero attached hydrogens (tertiary/aromatic N) is 2. The van der Waals surface area contributed by atoms with Gasteiger partial charge in [0, 0.05) is 13.1 Å². The highest BCUT2D eigenvalue weighted by Crippen LogP contribution is 2.06. The van der Waals surface area contributed by atoms with Gasteiger partial charge in [-0.25, -0.2) is 4.79 Å². The fraction of sp³-hybridized carbons (Fsp3) is 0.667. The number of nitriles is 1. The third kappa shape index (κ3) is 11.7. The molecule has 24 heavy (non-hydrogen) atoms. The van der Waals surface area contributed by atoms with Crippen LogP contribution in [-0.4, -0.2) is 54.0 Å². The molecule has 0 spiro atoms. The molecule has 6 nitrogen and oxygen atoms in total. The second-order valence-electron chi connectivity index (χ2n) is 5.42. The van der Waals surface area contributed by atoms with E-state index in [4.69, 9.17) is 20.2 Å². The molecule has 0 unspecified atom stereocenters. The van der Waals surface area contributed by atoms with Gasteiger partial charge in [-0.1, -0.05) is 39.0 Å². The molecular formula is C18H30N2O4. The Morgan fingerprint density at radius 1 is 1.12 bits per heavy atom. The highest BCUT2D eigenvalue weighted by molar-refractivity contribution is 5.93. The molecule has 0 saturated heterocycles. The third-order valence-corrected chi connectivity index (χ3v) is 3.41. The highest BCUT2D eigenvalue weighted by atomic mass is 16.5. The number of aliphatic hydroxyl groups excluding tert-OH is 2. The van der Waals surface area contributed by atoms with Crippen LogP contribution in [0.1, 0.15) is 45.4 Å². The van der Waals surface area contributed by atoms with E-state index >= 15 is 0 Å². The van der Waals surface area contributed by atoms with Gasteiger partial charge in [0.05, 0.1) is 19.8 Å². The smallest absolute Gasteiger partial charge is 0.348 e. The molecule has 0 aliphatic carbocycles. The van der Waals surface area contributed by atoms with Crippen molar-refractivity contribution in [2.75, 3.05) is 32.9 Å². The van der Waals surface area contributed by atoms with Gasteiger partial charge < -0.3 is 19.8 Å². The molecule has 6 heteroatoms. The largest absolute Gasteiger partial charge is 0.462 e. The summed E-state index contributed by atoms with van der Waals surface area (Å²) in [7, 11) is 0. The molecule has 0 atom stereocenters. The van der Waals surface area contributed by atoms with Crippen LogP contribution in [-0.2, 0) is 9.53 Å². The molecule has 0 saturated carbocycles. The van der Waals surface area contributed by atoms with Crippen molar-refractivity contribution in [3.8, 4) is 6.07 Å². The van der Waals surface area contributed by atoms with Gasteiger partial charge in [0.2, 0.25) is 0 Å². The minimum atomic E-state index is -0.619. The van der Waals surface area contributed by atoms with E-state index in [1.54, 1.807) is 11.1 Å². The van der Waals surface area contributed by atoms with Gasteiger partial charge in [-0.15, -0.1) is 0 Å². The molecule has 0 rings (SSSR count). The van der Waals surface area contributed by atoms with E-state index in [1.165, 1.54) is 31.4 Å². The molecule has 0 bridgehead atoms. The van der Waals surface area contributed by atoms with Crippen molar-refractivity contribution in [1.29, 1.82) is 5.26 Å². The van der Waals surface area contributed by atoms with Crippen LogP contribution in [0, 0.1) is 11.3 Å². The quantitative estimate of drug-likeness (QED) is 0.166. The lowest BCUT2D eigenvalue weighted by Crippen LogP contribution is -2.24. The zero-order valence-corrected chi connectivity index (χ0v) is 14.6. The zero-order chi connectivity index (χ0) is 18.0. The van der Waals surface area contributed by atoms with Gasteiger partial charge in [0.15, 0.2) is 0 Å². The Kier molecular flexibility index (Phi) is 14.8. The van der Waals surface area contributed by atoms with Crippen LogP contribution in [0.3, 0.4) is 0 Å². The van der Waals surface area contributed by atoms with Crippen LogP contribution in [0.25, 0.3) is 0 Å². The average Bonchev–Trinajstić information content (AvgIpc) is 2.58. The van der Waals surface area contributed by atoms with Gasteiger partial charge >= 0.3 is 5.97 Å². The van der Waals surface area contributed by atoms with Gasteiger partial charge in [0.1, 0.15) is 11.6 Å². The molecule has 0 fully saturated rings. The Morgan fingerprint density at radius 3 is 2.33 bits per heavy atom. The number of rotatable bonds is 14. The monoisotopic (exact) mass is 338 g/mol. The Hall–Kier alpha value is -1.84. The molecule has 0 aliphatic rings. The summed E-state index contributed by atoms with van der Waals surface area (Å²) in [6.07, 6.45) is 11.1. The van der Waals surface area contributed by atoms with E-state index in [-0.39, 0.29) is 18.8 Å². The first-order valence-corrected chi connectivity index (χ1v) is 8.61. The SMILES string of the molecule is CCCCCCCCOC(=O)/C(C#N)=C\C=C\N(CCO)CCO. The molecule has 0 aliphatic heterocycles. The number of allylic oxidation sites excluding steroid dienone is 2. The summed E-state index contributed by atoms with van der Waals surface area (Å²) in [6, 6.07) is 1.83. The van der Waals surface area contributed by atoms with Gasteiger partial charge in [-0.3, -0.25) is 0 Å². The summed E-state index contributed by atoms with van der Waals surface area (Å²) in [6.45, 7) is 3.15. The van der Waals surface area contributed by atoms with Crippen LogP contribution in [0.4, 0.5) is 0 Å². The standard InChI is InChI=1S/C18H30N2O4/c1-2-3-4-5-6-7-15-24-18(23)17(16-19)9-8-10-20(11-13-21)12-14-22/h8-10,21-22H,2-7,11-15H2,1H3/b10-8+,17-9-. The zero-order valence-electron chi connectivity index (χ0n) is 14.6. The summed E-state index contributed by atoms with van der Waals surface area (Å²) in [4.78, 5) is 13.5. The number of ether oxygens (including phenoxy) is 1. The van der Waals surface area contributed by atoms with Crippen LogP contribution in [0.2, 0.25) is 0 Å². The first-order valence-electron chi connectivity index (χ1n) is 8.61. The van der Waals surface area contributed by atoms with Gasteiger partial charge in [-0.2, -0.15) is 5.26 Å². The molecule has 136 valence electrons. The van der Waals surface area contributed by atoms with Crippen molar-refractivity contribution in [2.45, 2.75) is 45.4 Å². The Bertz CT molecular complexity index is 421. The molecule has 0 aromatic carbocycles. The molecule has 0 radical (unpaired) electrons. The highest BCUT2D eigenvalue weighted by Gasteiger charge is 2.09. The minimum Gasteiger partial charge on any atom is -0.462 e. The second-order valence-corrected chi connectivity index (χ2v) is 5.42. The van der Waals surface area contributed by atoms with E-state index < -0.39 is 5.97 Å². The summed E-state index contributed by atoms with van der Waals surface area (Å²) < 4.78 is 5.10.